The molecule has 0 radical (unpaired) electrons. The van der Waals surface area contributed by atoms with Crippen LogP contribution in [0.5, 0.6) is 0 Å². The average Bonchev–Trinajstić information content (AvgIpc) is 2.39. The molecule has 0 unspecified atom stereocenters. The monoisotopic (exact) mass is 328 g/mol. The SMILES string of the molecule is C=C[Si](OCCSC)(OCCSC)OCCSC. The van der Waals surface area contributed by atoms with Gasteiger partial charge in [-0.25, -0.2) is 0 Å². The first-order valence-corrected chi connectivity index (χ1v) is 11.7. The zero-order chi connectivity index (χ0) is 13.7. The van der Waals surface area contributed by atoms with Gasteiger partial charge in [0.1, 0.15) is 0 Å². The summed E-state index contributed by atoms with van der Waals surface area (Å²) in [7, 11) is -2.66. The van der Waals surface area contributed by atoms with Crippen LogP contribution in [0.1, 0.15) is 0 Å². The van der Waals surface area contributed by atoms with E-state index in [9.17, 15) is 0 Å². The van der Waals surface area contributed by atoms with Crippen LogP contribution in [0, 0.1) is 0 Å². The lowest BCUT2D eigenvalue weighted by molar-refractivity contribution is 0.0869. The maximum Gasteiger partial charge on any atom is 0.529 e. The van der Waals surface area contributed by atoms with E-state index < -0.39 is 8.80 Å². The van der Waals surface area contributed by atoms with Gasteiger partial charge in [-0.05, 0) is 24.5 Å². The van der Waals surface area contributed by atoms with Gasteiger partial charge in [0.15, 0.2) is 0 Å². The van der Waals surface area contributed by atoms with Gasteiger partial charge in [0.25, 0.3) is 0 Å². The molecule has 7 heteroatoms. The van der Waals surface area contributed by atoms with Crippen molar-refractivity contribution in [3.05, 3.63) is 12.3 Å². The van der Waals surface area contributed by atoms with Crippen LogP contribution in [0.15, 0.2) is 12.3 Å². The van der Waals surface area contributed by atoms with Crippen molar-refractivity contribution in [1.29, 1.82) is 0 Å². The predicted octanol–water partition coefficient (Wildman–Crippen LogP) is 2.79. The van der Waals surface area contributed by atoms with Gasteiger partial charge in [-0.2, -0.15) is 35.3 Å². The maximum absolute atomic E-state index is 5.85. The van der Waals surface area contributed by atoms with Crippen LogP contribution in [-0.4, -0.2) is 64.7 Å². The third kappa shape index (κ3) is 8.90. The zero-order valence-electron chi connectivity index (χ0n) is 11.5. The second-order valence-electron chi connectivity index (χ2n) is 3.33. The van der Waals surface area contributed by atoms with Crippen LogP contribution in [0.25, 0.3) is 0 Å². The lowest BCUT2D eigenvalue weighted by Crippen LogP contribution is -2.45. The second-order valence-corrected chi connectivity index (χ2v) is 8.77. The third-order valence-corrected chi connectivity index (χ3v) is 6.07. The highest BCUT2D eigenvalue weighted by atomic mass is 32.2. The Labute approximate surface area is 125 Å². The molecule has 108 valence electrons. The first-order chi connectivity index (χ1) is 8.74. The number of hydrogen-bond acceptors (Lipinski definition) is 6. The second kappa shape index (κ2) is 12.9. The Bertz CT molecular complexity index is 181. The van der Waals surface area contributed by atoms with Crippen LogP contribution >= 0.6 is 35.3 Å². The number of hydrogen-bond donors (Lipinski definition) is 0. The Balaban J connectivity index is 4.25. The van der Waals surface area contributed by atoms with E-state index in [-0.39, 0.29) is 0 Å². The molecule has 0 bridgehead atoms. The van der Waals surface area contributed by atoms with Crippen molar-refractivity contribution >= 4 is 44.1 Å². The Morgan fingerprint density at radius 1 is 0.833 bits per heavy atom. The quantitative estimate of drug-likeness (QED) is 0.381. The minimum Gasteiger partial charge on any atom is -0.370 e. The molecule has 0 atom stereocenters. The van der Waals surface area contributed by atoms with E-state index in [0.717, 1.165) is 17.3 Å². The lowest BCUT2D eigenvalue weighted by atomic mass is 10.9. The van der Waals surface area contributed by atoms with Crippen LogP contribution in [0.2, 0.25) is 0 Å². The zero-order valence-corrected chi connectivity index (χ0v) is 14.9. The standard InChI is InChI=1S/C11H24O3S3Si/c1-5-18(12-6-9-15-2,13-7-10-16-3)14-8-11-17-4/h5H,1,6-11H2,2-4H3. The Hall–Kier alpha value is 0.887. The van der Waals surface area contributed by atoms with Crippen LogP contribution in [0.3, 0.4) is 0 Å². The summed E-state index contributed by atoms with van der Waals surface area (Å²) in [4.78, 5) is 0. The minimum absolute atomic E-state index is 0.651. The first-order valence-electron chi connectivity index (χ1n) is 5.77. The molecule has 0 aromatic rings. The smallest absolute Gasteiger partial charge is 0.370 e. The summed E-state index contributed by atoms with van der Waals surface area (Å²) in [5.74, 6) is 2.83. The molecule has 0 fully saturated rings. The molecule has 0 rings (SSSR count). The topological polar surface area (TPSA) is 27.7 Å². The summed E-state index contributed by atoms with van der Waals surface area (Å²) in [6, 6.07) is 0. The predicted molar refractivity (Wildman–Crippen MR) is 89.0 cm³/mol. The van der Waals surface area contributed by atoms with Gasteiger partial charge in [-0.15, -0.1) is 0 Å². The molecule has 0 spiro atoms. The van der Waals surface area contributed by atoms with Gasteiger partial charge in [0, 0.05) is 37.1 Å². The minimum atomic E-state index is -2.66. The molecule has 3 nitrogen and oxygen atoms in total. The highest BCUT2D eigenvalue weighted by Crippen LogP contribution is 2.13. The van der Waals surface area contributed by atoms with Crippen LogP contribution in [0.4, 0.5) is 0 Å². The van der Waals surface area contributed by atoms with Gasteiger partial charge in [0.05, 0.1) is 0 Å². The molecule has 0 heterocycles. The highest BCUT2D eigenvalue weighted by Gasteiger charge is 2.37. The van der Waals surface area contributed by atoms with Crippen molar-refractivity contribution in [2.24, 2.45) is 0 Å². The highest BCUT2D eigenvalue weighted by molar-refractivity contribution is 7.99. The fraction of sp³-hybridized carbons (Fsp3) is 0.818. The molecular formula is C11H24O3S3Si. The van der Waals surface area contributed by atoms with Crippen molar-refractivity contribution in [3.63, 3.8) is 0 Å². The van der Waals surface area contributed by atoms with E-state index in [1.54, 1.807) is 41.0 Å². The van der Waals surface area contributed by atoms with E-state index in [0.29, 0.717) is 19.8 Å². The summed E-state index contributed by atoms with van der Waals surface area (Å²) in [5.41, 5.74) is 1.74. The van der Waals surface area contributed by atoms with Gasteiger partial charge >= 0.3 is 8.80 Å². The van der Waals surface area contributed by atoms with E-state index in [4.69, 9.17) is 13.3 Å². The van der Waals surface area contributed by atoms with Crippen molar-refractivity contribution in [1.82, 2.24) is 0 Å². The average molecular weight is 329 g/mol. The maximum atomic E-state index is 5.85. The summed E-state index contributed by atoms with van der Waals surface area (Å²) in [5, 5.41) is 0. The fourth-order valence-corrected chi connectivity index (χ4v) is 4.06. The molecule has 0 saturated carbocycles. The van der Waals surface area contributed by atoms with Gasteiger partial charge < -0.3 is 13.3 Å². The van der Waals surface area contributed by atoms with E-state index >= 15 is 0 Å². The molecule has 0 aliphatic rings. The lowest BCUT2D eigenvalue weighted by Gasteiger charge is -2.26. The Morgan fingerprint density at radius 2 is 1.17 bits per heavy atom. The number of thioether (sulfide) groups is 3. The van der Waals surface area contributed by atoms with E-state index in [1.165, 1.54) is 0 Å². The Kier molecular flexibility index (Phi) is 13.5. The van der Waals surface area contributed by atoms with Crippen molar-refractivity contribution < 1.29 is 13.3 Å². The van der Waals surface area contributed by atoms with Crippen molar-refractivity contribution in [2.75, 3.05) is 55.8 Å². The van der Waals surface area contributed by atoms with Crippen molar-refractivity contribution in [2.45, 2.75) is 0 Å². The van der Waals surface area contributed by atoms with Crippen molar-refractivity contribution in [3.8, 4) is 0 Å². The summed E-state index contributed by atoms with van der Waals surface area (Å²) in [6.07, 6.45) is 6.18. The molecule has 0 aliphatic carbocycles. The first kappa shape index (κ1) is 18.9. The summed E-state index contributed by atoms with van der Waals surface area (Å²) in [6.45, 7) is 5.79. The third-order valence-electron chi connectivity index (χ3n) is 2.02. The number of rotatable bonds is 13. The van der Waals surface area contributed by atoms with Crippen LogP contribution in [-0.2, 0) is 13.3 Å². The molecule has 0 aliphatic heterocycles. The van der Waals surface area contributed by atoms with Gasteiger partial charge in [0.2, 0.25) is 0 Å². The van der Waals surface area contributed by atoms with E-state index in [2.05, 4.69) is 25.3 Å². The molecule has 0 aromatic carbocycles. The molecular weight excluding hydrogens is 304 g/mol. The largest absolute Gasteiger partial charge is 0.529 e. The Morgan fingerprint density at radius 3 is 1.39 bits per heavy atom. The summed E-state index contributed by atoms with van der Waals surface area (Å²) >= 11 is 5.26. The summed E-state index contributed by atoms with van der Waals surface area (Å²) < 4.78 is 17.5. The molecule has 0 saturated heterocycles. The van der Waals surface area contributed by atoms with Crippen LogP contribution < -0.4 is 0 Å². The van der Waals surface area contributed by atoms with Gasteiger partial charge in [-0.3, -0.25) is 0 Å². The van der Waals surface area contributed by atoms with Gasteiger partial charge in [-0.1, -0.05) is 6.58 Å². The molecule has 0 aromatic heterocycles. The van der Waals surface area contributed by atoms with E-state index in [1.807, 2.05) is 0 Å². The molecule has 18 heavy (non-hydrogen) atoms. The molecule has 0 amide bonds. The fourth-order valence-electron chi connectivity index (χ4n) is 1.10. The normalized spacial score (nSPS) is 11.7. The molecule has 0 N–H and O–H groups in total.